The zero-order chi connectivity index (χ0) is 18.0. The zero-order valence-electron chi connectivity index (χ0n) is 14.7. The number of halogens is 1. The van der Waals surface area contributed by atoms with Crippen molar-refractivity contribution in [2.75, 3.05) is 6.54 Å². The number of carboxylic acids is 1. The first kappa shape index (κ1) is 18.0. The number of carbonyl (C=O) groups is 1. The van der Waals surface area contributed by atoms with Crippen LogP contribution >= 0.6 is 11.6 Å². The van der Waals surface area contributed by atoms with E-state index in [1.54, 1.807) is 0 Å². The smallest absolute Gasteiger partial charge is 0.320 e. The van der Waals surface area contributed by atoms with Gasteiger partial charge in [0.2, 0.25) is 0 Å². The van der Waals surface area contributed by atoms with Crippen LogP contribution in [0.5, 0.6) is 0 Å². The van der Waals surface area contributed by atoms with Gasteiger partial charge in [-0.3, -0.25) is 9.69 Å². The van der Waals surface area contributed by atoms with Gasteiger partial charge in [0.05, 0.1) is 6.04 Å². The molecule has 0 saturated carbocycles. The van der Waals surface area contributed by atoms with Gasteiger partial charge in [-0.15, -0.1) is 0 Å². The minimum absolute atomic E-state index is 0.0701. The summed E-state index contributed by atoms with van der Waals surface area (Å²) < 4.78 is 0. The van der Waals surface area contributed by atoms with Crippen molar-refractivity contribution in [3.63, 3.8) is 0 Å². The van der Waals surface area contributed by atoms with Crippen molar-refractivity contribution < 1.29 is 9.90 Å². The van der Waals surface area contributed by atoms with E-state index < -0.39 is 12.0 Å². The van der Waals surface area contributed by atoms with Crippen molar-refractivity contribution in [2.45, 2.75) is 45.2 Å². The number of aliphatic carboxylic acids is 1. The van der Waals surface area contributed by atoms with Gasteiger partial charge in [0.1, 0.15) is 6.04 Å². The van der Waals surface area contributed by atoms with Crippen LogP contribution in [0.15, 0.2) is 42.5 Å². The maximum Gasteiger partial charge on any atom is 0.320 e. The van der Waals surface area contributed by atoms with E-state index in [0.717, 1.165) is 24.9 Å². The van der Waals surface area contributed by atoms with Crippen molar-refractivity contribution in [3.05, 3.63) is 69.7 Å². The highest BCUT2D eigenvalue weighted by molar-refractivity contribution is 6.30. The average Bonchev–Trinajstić information content (AvgIpc) is 2.59. The Balaban J connectivity index is 2.10. The van der Waals surface area contributed by atoms with Crippen molar-refractivity contribution >= 4 is 17.6 Å². The molecular formula is C21H24ClNO2. The minimum atomic E-state index is -0.733. The Morgan fingerprint density at radius 2 is 1.88 bits per heavy atom. The lowest BCUT2D eigenvalue weighted by Crippen LogP contribution is -2.47. The van der Waals surface area contributed by atoms with E-state index in [9.17, 15) is 9.90 Å². The molecule has 1 aliphatic rings. The van der Waals surface area contributed by atoms with Crippen LogP contribution in [0.2, 0.25) is 5.02 Å². The van der Waals surface area contributed by atoms with Crippen LogP contribution in [0.4, 0.5) is 0 Å². The van der Waals surface area contributed by atoms with Gasteiger partial charge in [0.25, 0.3) is 0 Å². The van der Waals surface area contributed by atoms with Gasteiger partial charge >= 0.3 is 5.97 Å². The van der Waals surface area contributed by atoms with Crippen LogP contribution in [0.1, 0.15) is 47.6 Å². The summed E-state index contributed by atoms with van der Waals surface area (Å²) in [5.41, 5.74) is 4.66. The second-order valence-corrected chi connectivity index (χ2v) is 7.34. The molecule has 0 amide bonds. The van der Waals surface area contributed by atoms with Gasteiger partial charge in [0.15, 0.2) is 0 Å². The molecule has 1 saturated heterocycles. The van der Waals surface area contributed by atoms with E-state index >= 15 is 0 Å². The number of hydrogen-bond acceptors (Lipinski definition) is 2. The number of benzene rings is 2. The summed E-state index contributed by atoms with van der Waals surface area (Å²) in [7, 11) is 0. The quantitative estimate of drug-likeness (QED) is 0.838. The Labute approximate surface area is 154 Å². The molecule has 132 valence electrons. The summed E-state index contributed by atoms with van der Waals surface area (Å²) >= 11 is 6.07. The molecule has 0 aliphatic carbocycles. The molecule has 0 bridgehead atoms. The molecule has 3 nitrogen and oxygen atoms in total. The Bertz CT molecular complexity index is 757. The summed E-state index contributed by atoms with van der Waals surface area (Å²) in [6.45, 7) is 4.97. The van der Waals surface area contributed by atoms with Crippen LogP contribution in [-0.4, -0.2) is 28.6 Å². The minimum Gasteiger partial charge on any atom is -0.480 e. The molecule has 2 aromatic rings. The molecule has 1 N–H and O–H groups in total. The van der Waals surface area contributed by atoms with Crippen LogP contribution in [0.3, 0.4) is 0 Å². The fourth-order valence-corrected chi connectivity index (χ4v) is 3.98. The lowest BCUT2D eigenvalue weighted by molar-refractivity contribution is -0.145. The second-order valence-electron chi connectivity index (χ2n) is 6.90. The summed E-state index contributed by atoms with van der Waals surface area (Å²) in [5, 5.41) is 10.4. The molecule has 25 heavy (non-hydrogen) atoms. The average molecular weight is 358 g/mol. The monoisotopic (exact) mass is 357 g/mol. The van der Waals surface area contributed by atoms with Crippen LogP contribution in [0, 0.1) is 13.8 Å². The summed E-state index contributed by atoms with van der Waals surface area (Å²) in [6.07, 6.45) is 2.69. The number of likely N-dealkylation sites (tertiary alicyclic amines) is 1. The van der Waals surface area contributed by atoms with E-state index in [2.05, 4.69) is 36.9 Å². The highest BCUT2D eigenvalue weighted by Gasteiger charge is 2.35. The summed E-state index contributed by atoms with van der Waals surface area (Å²) in [5.74, 6) is -0.733. The molecule has 0 radical (unpaired) electrons. The van der Waals surface area contributed by atoms with Crippen LogP contribution in [-0.2, 0) is 4.79 Å². The third kappa shape index (κ3) is 3.88. The highest BCUT2D eigenvalue weighted by Crippen LogP contribution is 2.36. The van der Waals surface area contributed by atoms with Crippen molar-refractivity contribution in [2.24, 2.45) is 0 Å². The third-order valence-electron chi connectivity index (χ3n) is 5.07. The number of hydrogen-bond donors (Lipinski definition) is 1. The fourth-order valence-electron chi connectivity index (χ4n) is 3.86. The molecule has 0 spiro atoms. The first-order chi connectivity index (χ1) is 12.0. The lowest BCUT2D eigenvalue weighted by atomic mass is 9.89. The predicted molar refractivity (Wildman–Crippen MR) is 101 cm³/mol. The van der Waals surface area contributed by atoms with Gasteiger partial charge in [0, 0.05) is 5.02 Å². The Morgan fingerprint density at radius 1 is 1.16 bits per heavy atom. The summed E-state index contributed by atoms with van der Waals surface area (Å²) in [6, 6.07) is 13.7. The van der Waals surface area contributed by atoms with E-state index in [4.69, 9.17) is 11.6 Å². The molecule has 3 rings (SSSR count). The molecule has 0 aromatic heterocycles. The molecule has 4 heteroatoms. The zero-order valence-corrected chi connectivity index (χ0v) is 15.5. The van der Waals surface area contributed by atoms with Gasteiger partial charge in [-0.05, 0) is 62.1 Å². The maximum atomic E-state index is 11.9. The first-order valence-corrected chi connectivity index (χ1v) is 9.16. The number of aryl methyl sites for hydroxylation is 2. The second kappa shape index (κ2) is 7.59. The Morgan fingerprint density at radius 3 is 2.52 bits per heavy atom. The standard InChI is InChI=1S/C21H24ClNO2/c1-14-6-11-18(15(2)13-14)20(16-7-9-17(22)10-8-16)23-12-4-3-5-19(23)21(24)25/h6-11,13,19-20H,3-5,12H2,1-2H3,(H,24,25). The SMILES string of the molecule is Cc1ccc(C(c2ccc(Cl)cc2)N2CCCCC2C(=O)O)c(C)c1. The van der Waals surface area contributed by atoms with E-state index in [0.29, 0.717) is 11.4 Å². The van der Waals surface area contributed by atoms with E-state index in [-0.39, 0.29) is 6.04 Å². The topological polar surface area (TPSA) is 40.5 Å². The number of nitrogens with zero attached hydrogens (tertiary/aromatic N) is 1. The number of piperidine rings is 1. The highest BCUT2D eigenvalue weighted by atomic mass is 35.5. The molecule has 2 aromatic carbocycles. The lowest BCUT2D eigenvalue weighted by Gasteiger charge is -2.40. The summed E-state index contributed by atoms with van der Waals surface area (Å²) in [4.78, 5) is 14.0. The molecule has 1 heterocycles. The molecule has 2 atom stereocenters. The molecular weight excluding hydrogens is 334 g/mol. The Hall–Kier alpha value is -1.84. The molecule has 2 unspecified atom stereocenters. The maximum absolute atomic E-state index is 11.9. The van der Waals surface area contributed by atoms with Crippen molar-refractivity contribution in [1.82, 2.24) is 4.90 Å². The normalized spacial score (nSPS) is 19.6. The van der Waals surface area contributed by atoms with Crippen molar-refractivity contribution in [3.8, 4) is 0 Å². The largest absolute Gasteiger partial charge is 0.480 e. The van der Waals surface area contributed by atoms with Gasteiger partial charge in [-0.1, -0.05) is 53.9 Å². The first-order valence-electron chi connectivity index (χ1n) is 8.78. The number of carboxylic acid groups (broad SMARTS) is 1. The van der Waals surface area contributed by atoms with E-state index in [1.165, 1.54) is 16.7 Å². The van der Waals surface area contributed by atoms with Crippen LogP contribution < -0.4 is 0 Å². The van der Waals surface area contributed by atoms with Crippen molar-refractivity contribution in [1.29, 1.82) is 0 Å². The molecule has 1 aliphatic heterocycles. The van der Waals surface area contributed by atoms with Gasteiger partial charge in [-0.25, -0.2) is 0 Å². The fraction of sp³-hybridized carbons (Fsp3) is 0.381. The third-order valence-corrected chi connectivity index (χ3v) is 5.32. The van der Waals surface area contributed by atoms with Crippen LogP contribution in [0.25, 0.3) is 0 Å². The van der Waals surface area contributed by atoms with Gasteiger partial charge < -0.3 is 5.11 Å². The van der Waals surface area contributed by atoms with Gasteiger partial charge in [-0.2, -0.15) is 0 Å². The van der Waals surface area contributed by atoms with E-state index in [1.807, 2.05) is 24.3 Å². The molecule has 1 fully saturated rings. The Kier molecular flexibility index (Phi) is 5.45. The number of rotatable bonds is 4. The predicted octanol–water partition coefficient (Wildman–Crippen LogP) is 4.99.